The van der Waals surface area contributed by atoms with Gasteiger partial charge in [0.15, 0.2) is 0 Å². The number of rotatable bonds is 6. The Morgan fingerprint density at radius 3 is 2.91 bits per heavy atom. The summed E-state index contributed by atoms with van der Waals surface area (Å²) in [5, 5.41) is 4.93. The van der Waals surface area contributed by atoms with Crippen LogP contribution in [0.5, 0.6) is 0 Å². The van der Waals surface area contributed by atoms with Crippen molar-refractivity contribution in [3.63, 3.8) is 0 Å². The molecular formula is C17H16FN3OS. The average Bonchev–Trinajstić information content (AvgIpc) is 3.04. The van der Waals surface area contributed by atoms with Gasteiger partial charge in [-0.25, -0.2) is 9.37 Å². The van der Waals surface area contributed by atoms with Crippen molar-refractivity contribution in [3.05, 3.63) is 59.9 Å². The number of halogens is 1. The monoisotopic (exact) mass is 329 g/mol. The van der Waals surface area contributed by atoms with E-state index in [1.807, 2.05) is 18.2 Å². The Balaban J connectivity index is 1.54. The molecule has 0 aliphatic heterocycles. The minimum absolute atomic E-state index is 0.263. The van der Waals surface area contributed by atoms with Gasteiger partial charge in [0.05, 0.1) is 5.03 Å². The molecule has 0 atom stereocenters. The van der Waals surface area contributed by atoms with Gasteiger partial charge in [-0.1, -0.05) is 23.4 Å². The first-order valence-electron chi connectivity index (χ1n) is 7.35. The maximum atomic E-state index is 13.6. The Hall–Kier alpha value is -2.21. The molecule has 0 saturated carbocycles. The standard InChI is InChI=1S/C17H16FN3OS/c1-12-7-8-13(11-14(12)18)17-20-15(22-21-17)5-4-10-23-16-6-2-3-9-19-16/h2-3,6-9,11H,4-5,10H2,1H3. The van der Waals surface area contributed by atoms with E-state index < -0.39 is 0 Å². The highest BCUT2D eigenvalue weighted by atomic mass is 32.2. The molecular weight excluding hydrogens is 313 g/mol. The van der Waals surface area contributed by atoms with Gasteiger partial charge >= 0.3 is 0 Å². The molecule has 2 aromatic heterocycles. The molecule has 0 amide bonds. The molecule has 3 rings (SSSR count). The third-order valence-corrected chi connectivity index (χ3v) is 4.35. The summed E-state index contributed by atoms with van der Waals surface area (Å²) in [6.07, 6.45) is 3.39. The van der Waals surface area contributed by atoms with Crippen LogP contribution in [0.4, 0.5) is 4.39 Å². The molecule has 0 N–H and O–H groups in total. The highest BCUT2D eigenvalue weighted by Crippen LogP contribution is 2.20. The van der Waals surface area contributed by atoms with Crippen molar-refractivity contribution < 1.29 is 8.91 Å². The minimum atomic E-state index is -0.263. The summed E-state index contributed by atoms with van der Waals surface area (Å²) in [6.45, 7) is 1.72. The highest BCUT2D eigenvalue weighted by molar-refractivity contribution is 7.99. The lowest BCUT2D eigenvalue weighted by atomic mass is 10.1. The lowest BCUT2D eigenvalue weighted by molar-refractivity contribution is 0.378. The van der Waals surface area contributed by atoms with Crippen molar-refractivity contribution in [1.82, 2.24) is 15.1 Å². The van der Waals surface area contributed by atoms with E-state index in [4.69, 9.17) is 4.52 Å². The number of benzene rings is 1. The zero-order valence-electron chi connectivity index (χ0n) is 12.7. The van der Waals surface area contributed by atoms with E-state index in [2.05, 4.69) is 15.1 Å². The molecule has 0 aliphatic rings. The first-order chi connectivity index (χ1) is 11.2. The maximum Gasteiger partial charge on any atom is 0.226 e. The van der Waals surface area contributed by atoms with Gasteiger partial charge in [0, 0.05) is 18.2 Å². The summed E-state index contributed by atoms with van der Waals surface area (Å²) in [6, 6.07) is 10.8. The van der Waals surface area contributed by atoms with E-state index in [-0.39, 0.29) is 5.82 Å². The van der Waals surface area contributed by atoms with Gasteiger partial charge in [0.25, 0.3) is 0 Å². The van der Waals surface area contributed by atoms with Gasteiger partial charge in [-0.15, -0.1) is 11.8 Å². The van der Waals surface area contributed by atoms with Crippen molar-refractivity contribution in [2.75, 3.05) is 5.75 Å². The number of aryl methyl sites for hydroxylation is 2. The van der Waals surface area contributed by atoms with Crippen molar-refractivity contribution >= 4 is 11.8 Å². The van der Waals surface area contributed by atoms with Crippen LogP contribution in [0, 0.1) is 12.7 Å². The Labute approximate surface area is 138 Å². The first kappa shape index (κ1) is 15.7. The van der Waals surface area contributed by atoms with Crippen molar-refractivity contribution in [1.29, 1.82) is 0 Å². The maximum absolute atomic E-state index is 13.6. The van der Waals surface area contributed by atoms with Crippen LogP contribution >= 0.6 is 11.8 Å². The van der Waals surface area contributed by atoms with Crippen LogP contribution in [0.25, 0.3) is 11.4 Å². The van der Waals surface area contributed by atoms with Crippen LogP contribution in [0.1, 0.15) is 17.9 Å². The predicted octanol–water partition coefficient (Wildman–Crippen LogP) is 4.30. The summed E-state index contributed by atoms with van der Waals surface area (Å²) >= 11 is 1.70. The molecule has 0 aliphatic carbocycles. The van der Waals surface area contributed by atoms with Gasteiger partial charge < -0.3 is 4.52 Å². The Bertz CT molecular complexity index is 777. The van der Waals surface area contributed by atoms with E-state index in [0.29, 0.717) is 29.3 Å². The number of hydrogen-bond acceptors (Lipinski definition) is 5. The topological polar surface area (TPSA) is 51.8 Å². The SMILES string of the molecule is Cc1ccc(-c2noc(CCCSc3ccccn3)n2)cc1F. The van der Waals surface area contributed by atoms with Gasteiger partial charge in [-0.3, -0.25) is 0 Å². The van der Waals surface area contributed by atoms with Crippen LogP contribution in [-0.4, -0.2) is 20.9 Å². The first-order valence-corrected chi connectivity index (χ1v) is 8.34. The summed E-state index contributed by atoms with van der Waals surface area (Å²) in [5.74, 6) is 1.66. The zero-order valence-corrected chi connectivity index (χ0v) is 13.5. The molecule has 0 saturated heterocycles. The van der Waals surface area contributed by atoms with E-state index in [1.54, 1.807) is 37.0 Å². The van der Waals surface area contributed by atoms with E-state index >= 15 is 0 Å². The van der Waals surface area contributed by atoms with Crippen molar-refractivity contribution in [2.45, 2.75) is 24.8 Å². The van der Waals surface area contributed by atoms with Gasteiger partial charge in [-0.05, 0) is 42.9 Å². The van der Waals surface area contributed by atoms with Crippen molar-refractivity contribution in [2.24, 2.45) is 0 Å². The molecule has 118 valence electrons. The molecule has 0 bridgehead atoms. The number of pyridine rings is 1. The third kappa shape index (κ3) is 4.16. The molecule has 0 unspecified atom stereocenters. The second-order valence-corrected chi connectivity index (χ2v) is 6.21. The van der Waals surface area contributed by atoms with E-state index in [9.17, 15) is 4.39 Å². The van der Waals surface area contributed by atoms with Crippen LogP contribution in [0.15, 0.2) is 52.1 Å². The largest absolute Gasteiger partial charge is 0.339 e. The van der Waals surface area contributed by atoms with Gasteiger partial charge in [0.1, 0.15) is 5.82 Å². The number of nitrogens with zero attached hydrogens (tertiary/aromatic N) is 3. The van der Waals surface area contributed by atoms with Crippen LogP contribution in [-0.2, 0) is 6.42 Å². The second kappa shape index (κ2) is 7.37. The van der Waals surface area contributed by atoms with Gasteiger partial charge in [0.2, 0.25) is 11.7 Å². The lowest BCUT2D eigenvalue weighted by Gasteiger charge is -1.98. The molecule has 0 spiro atoms. The molecule has 0 fully saturated rings. The molecule has 6 heteroatoms. The third-order valence-electron chi connectivity index (χ3n) is 3.32. The summed E-state index contributed by atoms with van der Waals surface area (Å²) in [4.78, 5) is 8.58. The molecule has 4 nitrogen and oxygen atoms in total. The normalized spacial score (nSPS) is 10.9. The minimum Gasteiger partial charge on any atom is -0.339 e. The number of hydrogen-bond donors (Lipinski definition) is 0. The highest BCUT2D eigenvalue weighted by Gasteiger charge is 2.10. The second-order valence-electron chi connectivity index (χ2n) is 5.10. The number of aromatic nitrogens is 3. The molecule has 0 radical (unpaired) electrons. The van der Waals surface area contributed by atoms with E-state index in [0.717, 1.165) is 17.2 Å². The van der Waals surface area contributed by atoms with Gasteiger partial charge in [-0.2, -0.15) is 4.98 Å². The fraction of sp³-hybridized carbons (Fsp3) is 0.235. The molecule has 23 heavy (non-hydrogen) atoms. The van der Waals surface area contributed by atoms with Crippen LogP contribution < -0.4 is 0 Å². The summed E-state index contributed by atoms with van der Waals surface area (Å²) in [5.41, 5.74) is 1.23. The smallest absolute Gasteiger partial charge is 0.226 e. The Morgan fingerprint density at radius 1 is 1.22 bits per heavy atom. The lowest BCUT2D eigenvalue weighted by Crippen LogP contribution is -1.90. The fourth-order valence-electron chi connectivity index (χ4n) is 2.04. The zero-order chi connectivity index (χ0) is 16.1. The predicted molar refractivity (Wildman–Crippen MR) is 87.7 cm³/mol. The van der Waals surface area contributed by atoms with Crippen LogP contribution in [0.2, 0.25) is 0 Å². The molecule has 3 aromatic rings. The van der Waals surface area contributed by atoms with Crippen LogP contribution in [0.3, 0.4) is 0 Å². The Kier molecular flexibility index (Phi) is 5.02. The quantitative estimate of drug-likeness (QED) is 0.498. The molecule has 1 aromatic carbocycles. The fourth-order valence-corrected chi connectivity index (χ4v) is 2.85. The summed E-state index contributed by atoms with van der Waals surface area (Å²) < 4.78 is 18.8. The molecule has 2 heterocycles. The van der Waals surface area contributed by atoms with E-state index in [1.165, 1.54) is 6.07 Å². The average molecular weight is 329 g/mol. The van der Waals surface area contributed by atoms with Crippen molar-refractivity contribution in [3.8, 4) is 11.4 Å². The Morgan fingerprint density at radius 2 is 2.13 bits per heavy atom. The number of thioether (sulfide) groups is 1. The summed E-state index contributed by atoms with van der Waals surface area (Å²) in [7, 11) is 0.